The fourth-order valence-corrected chi connectivity index (χ4v) is 3.18. The Balaban J connectivity index is 2.31. The number of rotatable bonds is 3. The number of halogens is 1. The lowest BCUT2D eigenvalue weighted by Crippen LogP contribution is -2.10. The van der Waals surface area contributed by atoms with Gasteiger partial charge in [0.2, 0.25) is 0 Å². The number of benzene rings is 2. The van der Waals surface area contributed by atoms with E-state index in [0.29, 0.717) is 4.90 Å². The lowest BCUT2D eigenvalue weighted by atomic mass is 9.87. The van der Waals surface area contributed by atoms with Crippen molar-refractivity contribution < 1.29 is 4.39 Å². The van der Waals surface area contributed by atoms with Crippen LogP contribution in [0.3, 0.4) is 0 Å². The second-order valence-electron chi connectivity index (χ2n) is 6.32. The summed E-state index contributed by atoms with van der Waals surface area (Å²) < 4.78 is 14.1. The van der Waals surface area contributed by atoms with Crippen molar-refractivity contribution in [1.29, 1.82) is 0 Å². The minimum absolute atomic E-state index is 0.123. The van der Waals surface area contributed by atoms with Crippen LogP contribution in [0.4, 0.5) is 4.39 Å². The second kappa shape index (κ2) is 6.20. The zero-order valence-corrected chi connectivity index (χ0v) is 13.8. The molecule has 1 unspecified atom stereocenters. The Labute approximate surface area is 130 Å². The van der Waals surface area contributed by atoms with Crippen LogP contribution < -0.4 is 5.73 Å². The van der Waals surface area contributed by atoms with Crippen molar-refractivity contribution in [1.82, 2.24) is 0 Å². The van der Waals surface area contributed by atoms with Crippen LogP contribution in [-0.4, -0.2) is 0 Å². The van der Waals surface area contributed by atoms with Gasteiger partial charge in [-0.3, -0.25) is 0 Å². The summed E-state index contributed by atoms with van der Waals surface area (Å²) in [6, 6.07) is 13.2. The average Bonchev–Trinajstić information content (AvgIpc) is 2.40. The quantitative estimate of drug-likeness (QED) is 0.833. The van der Waals surface area contributed by atoms with Gasteiger partial charge < -0.3 is 5.73 Å². The molecule has 3 heteroatoms. The molecule has 0 amide bonds. The Morgan fingerprint density at radius 3 is 2.19 bits per heavy atom. The highest BCUT2D eigenvalue weighted by Crippen LogP contribution is 2.35. The van der Waals surface area contributed by atoms with Gasteiger partial charge in [-0.2, -0.15) is 0 Å². The first-order valence-corrected chi connectivity index (χ1v) is 7.93. The van der Waals surface area contributed by atoms with E-state index in [9.17, 15) is 4.39 Å². The molecule has 2 aromatic carbocycles. The molecule has 21 heavy (non-hydrogen) atoms. The molecule has 0 aromatic heterocycles. The maximum Gasteiger partial charge on any atom is 0.137 e. The van der Waals surface area contributed by atoms with Crippen LogP contribution in [0.25, 0.3) is 0 Å². The van der Waals surface area contributed by atoms with Crippen LogP contribution in [-0.2, 0) is 5.41 Å². The summed E-state index contributed by atoms with van der Waals surface area (Å²) in [5.41, 5.74) is 8.18. The summed E-state index contributed by atoms with van der Waals surface area (Å²) in [5.74, 6) is -0.213. The lowest BCUT2D eigenvalue weighted by molar-refractivity contribution is 0.589. The van der Waals surface area contributed by atoms with E-state index in [4.69, 9.17) is 5.73 Å². The zero-order chi connectivity index (χ0) is 15.6. The molecule has 2 aromatic rings. The van der Waals surface area contributed by atoms with Gasteiger partial charge in [-0.15, -0.1) is 0 Å². The van der Waals surface area contributed by atoms with E-state index in [0.717, 1.165) is 10.5 Å². The molecular formula is C18H22FNS. The normalized spacial score (nSPS) is 13.2. The molecule has 0 saturated heterocycles. The second-order valence-corrected chi connectivity index (χ2v) is 7.41. The maximum atomic E-state index is 14.1. The molecule has 2 N–H and O–H groups in total. The maximum absolute atomic E-state index is 14.1. The van der Waals surface area contributed by atoms with E-state index in [2.05, 4.69) is 32.9 Å². The molecule has 0 aliphatic carbocycles. The van der Waals surface area contributed by atoms with Crippen molar-refractivity contribution >= 4 is 11.8 Å². The average molecular weight is 303 g/mol. The molecule has 2 rings (SSSR count). The summed E-state index contributed by atoms with van der Waals surface area (Å²) in [6.45, 7) is 8.42. The van der Waals surface area contributed by atoms with Gasteiger partial charge in [0.05, 0.1) is 4.90 Å². The number of hydrogen-bond acceptors (Lipinski definition) is 2. The Morgan fingerprint density at radius 1 is 1.05 bits per heavy atom. The summed E-state index contributed by atoms with van der Waals surface area (Å²) in [4.78, 5) is 1.64. The molecule has 0 aliphatic heterocycles. The fourth-order valence-electron chi connectivity index (χ4n) is 2.13. The minimum atomic E-state index is -0.213. The summed E-state index contributed by atoms with van der Waals surface area (Å²) in [7, 11) is 0. The predicted octanol–water partition coefficient (Wildman–Crippen LogP) is 5.29. The molecule has 1 atom stereocenters. The first kappa shape index (κ1) is 16.1. The fraction of sp³-hybridized carbons (Fsp3) is 0.333. The Bertz CT molecular complexity index is 612. The van der Waals surface area contributed by atoms with Crippen LogP contribution in [0.5, 0.6) is 0 Å². The molecule has 0 aliphatic rings. The SMILES string of the molecule is CC(N)c1cccc(F)c1Sc1ccc(C(C)(C)C)cc1. The Hall–Kier alpha value is -1.32. The standard InChI is InChI=1S/C18H22FNS/c1-12(20)15-6-5-7-16(19)17(15)21-14-10-8-13(9-11-14)18(2,3)4/h5-12H,20H2,1-4H3. The summed E-state index contributed by atoms with van der Waals surface area (Å²) in [5, 5.41) is 0. The highest BCUT2D eigenvalue weighted by molar-refractivity contribution is 7.99. The van der Waals surface area contributed by atoms with E-state index < -0.39 is 0 Å². The van der Waals surface area contributed by atoms with Crippen molar-refractivity contribution in [3.05, 3.63) is 59.4 Å². The molecule has 0 bridgehead atoms. The first-order chi connectivity index (χ1) is 9.79. The van der Waals surface area contributed by atoms with Crippen molar-refractivity contribution in [3.63, 3.8) is 0 Å². The van der Waals surface area contributed by atoms with Gasteiger partial charge in [-0.05, 0) is 41.7 Å². The number of nitrogens with two attached hydrogens (primary N) is 1. The van der Waals surface area contributed by atoms with E-state index in [-0.39, 0.29) is 17.3 Å². The lowest BCUT2D eigenvalue weighted by Gasteiger charge is -2.19. The van der Waals surface area contributed by atoms with Gasteiger partial charge in [0, 0.05) is 10.9 Å². The van der Waals surface area contributed by atoms with E-state index in [1.54, 1.807) is 6.07 Å². The largest absolute Gasteiger partial charge is 0.324 e. The number of hydrogen-bond donors (Lipinski definition) is 1. The Morgan fingerprint density at radius 2 is 1.67 bits per heavy atom. The summed E-state index contributed by atoms with van der Waals surface area (Å²) in [6.07, 6.45) is 0. The van der Waals surface area contributed by atoms with Crippen LogP contribution in [0, 0.1) is 5.82 Å². The molecule has 112 valence electrons. The third-order valence-corrected chi connectivity index (χ3v) is 4.57. The van der Waals surface area contributed by atoms with E-state index >= 15 is 0 Å². The Kier molecular flexibility index (Phi) is 4.74. The molecule has 0 heterocycles. The molecule has 0 radical (unpaired) electrons. The third kappa shape index (κ3) is 3.86. The van der Waals surface area contributed by atoms with Crippen molar-refractivity contribution in [2.24, 2.45) is 5.73 Å². The highest BCUT2D eigenvalue weighted by Gasteiger charge is 2.15. The van der Waals surface area contributed by atoms with Gasteiger partial charge in [0.1, 0.15) is 5.82 Å². The topological polar surface area (TPSA) is 26.0 Å². The smallest absolute Gasteiger partial charge is 0.137 e. The van der Waals surface area contributed by atoms with Crippen LogP contribution in [0.1, 0.15) is 44.9 Å². The van der Waals surface area contributed by atoms with Crippen LogP contribution >= 0.6 is 11.8 Å². The minimum Gasteiger partial charge on any atom is -0.324 e. The molecular weight excluding hydrogens is 281 g/mol. The molecule has 0 saturated carbocycles. The van der Waals surface area contributed by atoms with Gasteiger partial charge >= 0.3 is 0 Å². The summed E-state index contributed by atoms with van der Waals surface area (Å²) >= 11 is 1.43. The zero-order valence-electron chi connectivity index (χ0n) is 13.0. The van der Waals surface area contributed by atoms with Gasteiger partial charge in [-0.1, -0.05) is 56.8 Å². The molecule has 0 fully saturated rings. The van der Waals surface area contributed by atoms with E-state index in [1.807, 2.05) is 25.1 Å². The third-order valence-electron chi connectivity index (χ3n) is 3.43. The van der Waals surface area contributed by atoms with Crippen molar-refractivity contribution in [2.45, 2.75) is 48.9 Å². The highest BCUT2D eigenvalue weighted by atomic mass is 32.2. The molecule has 0 spiro atoms. The predicted molar refractivity (Wildman–Crippen MR) is 88.3 cm³/mol. The molecule has 1 nitrogen and oxygen atoms in total. The van der Waals surface area contributed by atoms with Crippen molar-refractivity contribution in [3.8, 4) is 0 Å². The van der Waals surface area contributed by atoms with Crippen molar-refractivity contribution in [2.75, 3.05) is 0 Å². The van der Waals surface area contributed by atoms with Gasteiger partial charge in [-0.25, -0.2) is 4.39 Å². The van der Waals surface area contributed by atoms with Crippen LogP contribution in [0.2, 0.25) is 0 Å². The monoisotopic (exact) mass is 303 g/mol. The van der Waals surface area contributed by atoms with Gasteiger partial charge in [0.25, 0.3) is 0 Å². The van der Waals surface area contributed by atoms with Gasteiger partial charge in [0.15, 0.2) is 0 Å². The van der Waals surface area contributed by atoms with E-state index in [1.165, 1.54) is 23.4 Å². The first-order valence-electron chi connectivity index (χ1n) is 7.11. The van der Waals surface area contributed by atoms with Crippen LogP contribution in [0.15, 0.2) is 52.3 Å².